The highest BCUT2D eigenvalue weighted by Gasteiger charge is 2.17. The molecule has 0 spiro atoms. The predicted molar refractivity (Wildman–Crippen MR) is 76.6 cm³/mol. The zero-order valence-corrected chi connectivity index (χ0v) is 11.8. The summed E-state index contributed by atoms with van der Waals surface area (Å²) in [6.45, 7) is -0.488. The molecule has 0 atom stereocenters. The Kier molecular flexibility index (Phi) is 4.26. The van der Waals surface area contributed by atoms with Crippen molar-refractivity contribution in [3.8, 4) is 0 Å². The largest absolute Gasteiger partial charge is 0.391 e. The SMILES string of the molecule is O=C(c1ccc(Br)cc1)c1ccc([N+](=O)[O-])c(CO)c1. The Bertz CT molecular complexity index is 667. The summed E-state index contributed by atoms with van der Waals surface area (Å²) < 4.78 is 0.855. The fourth-order valence-corrected chi connectivity index (χ4v) is 2.06. The van der Waals surface area contributed by atoms with Crippen molar-refractivity contribution in [2.45, 2.75) is 6.61 Å². The molecule has 0 radical (unpaired) electrons. The number of aliphatic hydroxyl groups excluding tert-OH is 1. The fourth-order valence-electron chi connectivity index (χ4n) is 1.80. The molecule has 0 unspecified atom stereocenters. The summed E-state index contributed by atoms with van der Waals surface area (Å²) in [5.41, 5.74) is 0.714. The van der Waals surface area contributed by atoms with E-state index < -0.39 is 11.5 Å². The molecule has 0 aliphatic carbocycles. The van der Waals surface area contributed by atoms with Crippen LogP contribution in [0.15, 0.2) is 46.9 Å². The minimum atomic E-state index is -0.584. The van der Waals surface area contributed by atoms with Gasteiger partial charge in [-0.2, -0.15) is 0 Å². The molecule has 20 heavy (non-hydrogen) atoms. The number of ketones is 1. The van der Waals surface area contributed by atoms with E-state index in [1.54, 1.807) is 24.3 Å². The predicted octanol–water partition coefficient (Wildman–Crippen LogP) is 3.08. The van der Waals surface area contributed by atoms with Crippen LogP contribution in [0.1, 0.15) is 21.5 Å². The molecule has 0 aliphatic rings. The van der Waals surface area contributed by atoms with Gasteiger partial charge in [-0.3, -0.25) is 14.9 Å². The van der Waals surface area contributed by atoms with Crippen LogP contribution >= 0.6 is 15.9 Å². The van der Waals surface area contributed by atoms with Crippen LogP contribution in [-0.4, -0.2) is 15.8 Å². The molecule has 0 saturated heterocycles. The average Bonchev–Trinajstić information content (AvgIpc) is 2.46. The smallest absolute Gasteiger partial charge is 0.274 e. The molecule has 5 nitrogen and oxygen atoms in total. The van der Waals surface area contributed by atoms with Crippen LogP contribution < -0.4 is 0 Å². The maximum atomic E-state index is 12.2. The molecule has 0 aliphatic heterocycles. The highest BCUT2D eigenvalue weighted by molar-refractivity contribution is 9.10. The molecule has 1 N–H and O–H groups in total. The summed E-state index contributed by atoms with van der Waals surface area (Å²) in [6.07, 6.45) is 0. The normalized spacial score (nSPS) is 10.3. The van der Waals surface area contributed by atoms with Crippen LogP contribution in [-0.2, 0) is 6.61 Å². The van der Waals surface area contributed by atoms with E-state index in [2.05, 4.69) is 15.9 Å². The Labute approximate surface area is 123 Å². The zero-order chi connectivity index (χ0) is 14.7. The van der Waals surface area contributed by atoms with Crippen molar-refractivity contribution in [3.05, 3.63) is 73.7 Å². The van der Waals surface area contributed by atoms with Crippen molar-refractivity contribution < 1.29 is 14.8 Å². The van der Waals surface area contributed by atoms with Gasteiger partial charge in [0.15, 0.2) is 5.78 Å². The maximum Gasteiger partial charge on any atom is 0.274 e. The molecule has 0 heterocycles. The molecule has 6 heteroatoms. The highest BCUT2D eigenvalue weighted by atomic mass is 79.9. The van der Waals surface area contributed by atoms with Crippen molar-refractivity contribution in [2.24, 2.45) is 0 Å². The van der Waals surface area contributed by atoms with E-state index >= 15 is 0 Å². The third-order valence-corrected chi connectivity index (χ3v) is 3.34. The van der Waals surface area contributed by atoms with Gasteiger partial charge < -0.3 is 5.11 Å². The Morgan fingerprint density at radius 2 is 1.75 bits per heavy atom. The summed E-state index contributed by atoms with van der Waals surface area (Å²) in [5, 5.41) is 19.9. The second-order valence-corrected chi connectivity index (χ2v) is 5.01. The molecular weight excluding hydrogens is 326 g/mol. The second kappa shape index (κ2) is 5.94. The minimum Gasteiger partial charge on any atom is -0.391 e. The van der Waals surface area contributed by atoms with Gasteiger partial charge in [0.05, 0.1) is 17.1 Å². The van der Waals surface area contributed by atoms with Gasteiger partial charge in [0, 0.05) is 21.7 Å². The standard InChI is InChI=1S/C14H10BrNO4/c15-12-4-1-9(2-5-12)14(18)10-3-6-13(16(19)20)11(7-10)8-17/h1-7,17H,8H2. The summed E-state index contributed by atoms with van der Waals surface area (Å²) >= 11 is 3.28. The van der Waals surface area contributed by atoms with Crippen LogP contribution in [0.2, 0.25) is 0 Å². The van der Waals surface area contributed by atoms with E-state index in [0.717, 1.165) is 4.47 Å². The third kappa shape index (κ3) is 2.92. The molecule has 2 rings (SSSR count). The van der Waals surface area contributed by atoms with Crippen molar-refractivity contribution in [1.82, 2.24) is 0 Å². The number of halogens is 1. The second-order valence-electron chi connectivity index (χ2n) is 4.09. The molecule has 0 fully saturated rings. The quantitative estimate of drug-likeness (QED) is 0.529. The van der Waals surface area contributed by atoms with Gasteiger partial charge in [0.1, 0.15) is 0 Å². The van der Waals surface area contributed by atoms with Crippen LogP contribution in [0.5, 0.6) is 0 Å². The maximum absolute atomic E-state index is 12.2. The van der Waals surface area contributed by atoms with Gasteiger partial charge >= 0.3 is 0 Å². The summed E-state index contributed by atoms with van der Waals surface area (Å²) in [4.78, 5) is 22.4. The number of carbonyl (C=O) groups excluding carboxylic acids is 1. The summed E-state index contributed by atoms with van der Waals surface area (Å²) in [6, 6.07) is 10.8. The Balaban J connectivity index is 2.40. The molecule has 2 aromatic carbocycles. The van der Waals surface area contributed by atoms with E-state index in [4.69, 9.17) is 5.11 Å². The van der Waals surface area contributed by atoms with Crippen molar-refractivity contribution in [1.29, 1.82) is 0 Å². The zero-order valence-electron chi connectivity index (χ0n) is 10.2. The van der Waals surface area contributed by atoms with Gasteiger partial charge in [-0.1, -0.05) is 15.9 Å². The first-order valence-electron chi connectivity index (χ1n) is 5.71. The topological polar surface area (TPSA) is 80.4 Å². The van der Waals surface area contributed by atoms with Crippen LogP contribution in [0.25, 0.3) is 0 Å². The van der Waals surface area contributed by atoms with Crippen molar-refractivity contribution >= 4 is 27.4 Å². The van der Waals surface area contributed by atoms with Crippen LogP contribution in [0, 0.1) is 10.1 Å². The van der Waals surface area contributed by atoms with E-state index in [9.17, 15) is 14.9 Å². The minimum absolute atomic E-state index is 0.123. The molecular formula is C14H10BrNO4. The average molecular weight is 336 g/mol. The molecule has 2 aromatic rings. The van der Waals surface area contributed by atoms with Gasteiger partial charge in [-0.25, -0.2) is 0 Å². The Morgan fingerprint density at radius 3 is 2.30 bits per heavy atom. The Morgan fingerprint density at radius 1 is 1.15 bits per heavy atom. The van der Waals surface area contributed by atoms with Crippen LogP contribution in [0.4, 0.5) is 5.69 Å². The van der Waals surface area contributed by atoms with E-state index in [1.165, 1.54) is 18.2 Å². The van der Waals surface area contributed by atoms with Crippen LogP contribution in [0.3, 0.4) is 0 Å². The molecule has 0 bridgehead atoms. The van der Waals surface area contributed by atoms with Gasteiger partial charge in [-0.05, 0) is 36.4 Å². The lowest BCUT2D eigenvalue weighted by atomic mass is 10.0. The lowest BCUT2D eigenvalue weighted by Crippen LogP contribution is -2.04. The number of hydrogen-bond donors (Lipinski definition) is 1. The molecule has 0 saturated carbocycles. The van der Waals surface area contributed by atoms with Gasteiger partial charge in [0.25, 0.3) is 5.69 Å². The monoisotopic (exact) mass is 335 g/mol. The van der Waals surface area contributed by atoms with Crippen molar-refractivity contribution in [3.63, 3.8) is 0 Å². The first-order valence-corrected chi connectivity index (χ1v) is 6.50. The first-order chi connectivity index (χ1) is 9.52. The highest BCUT2D eigenvalue weighted by Crippen LogP contribution is 2.22. The lowest BCUT2D eigenvalue weighted by Gasteiger charge is -2.04. The molecule has 102 valence electrons. The fraction of sp³-hybridized carbons (Fsp3) is 0.0714. The number of rotatable bonds is 4. The van der Waals surface area contributed by atoms with Gasteiger partial charge in [-0.15, -0.1) is 0 Å². The molecule has 0 amide bonds. The number of hydrogen-bond acceptors (Lipinski definition) is 4. The number of benzene rings is 2. The lowest BCUT2D eigenvalue weighted by molar-refractivity contribution is -0.385. The first kappa shape index (κ1) is 14.4. The van der Waals surface area contributed by atoms with E-state index in [-0.39, 0.29) is 17.0 Å². The Hall–Kier alpha value is -2.05. The molecule has 0 aromatic heterocycles. The number of nitro benzene ring substituents is 1. The van der Waals surface area contributed by atoms with Crippen molar-refractivity contribution in [2.75, 3.05) is 0 Å². The summed E-state index contributed by atoms with van der Waals surface area (Å²) in [7, 11) is 0. The number of aliphatic hydroxyl groups is 1. The van der Waals surface area contributed by atoms with E-state index in [0.29, 0.717) is 11.1 Å². The number of carbonyl (C=O) groups is 1. The van der Waals surface area contributed by atoms with E-state index in [1.807, 2.05) is 0 Å². The third-order valence-electron chi connectivity index (χ3n) is 2.82. The number of nitrogens with zero attached hydrogens (tertiary/aromatic N) is 1. The number of nitro groups is 1. The van der Waals surface area contributed by atoms with Gasteiger partial charge in [0.2, 0.25) is 0 Å². The summed E-state index contributed by atoms with van der Waals surface area (Å²) in [5.74, 6) is -0.248.